The Kier molecular flexibility index (Phi) is 2.88. The number of rotatable bonds is 2. The summed E-state index contributed by atoms with van der Waals surface area (Å²) in [7, 11) is 0. The van der Waals surface area contributed by atoms with E-state index in [2.05, 4.69) is 5.10 Å². The lowest BCUT2D eigenvalue weighted by Crippen LogP contribution is -2.31. The Labute approximate surface area is 105 Å². The Morgan fingerprint density at radius 1 is 1.33 bits per heavy atom. The minimum atomic E-state index is 0.0125. The lowest BCUT2D eigenvalue weighted by molar-refractivity contribution is 0.347. The average Bonchev–Trinajstić information content (AvgIpc) is 2.88. The fourth-order valence-corrected chi connectivity index (χ4v) is 2.96. The molecule has 1 heterocycles. The molecule has 1 fully saturated rings. The summed E-state index contributed by atoms with van der Waals surface area (Å²) in [5.74, 6) is 0.386. The normalized spacial score (nSPS) is 23.6. The van der Waals surface area contributed by atoms with Gasteiger partial charge in [-0.05, 0) is 31.4 Å². The predicted molar refractivity (Wildman–Crippen MR) is 71.4 cm³/mol. The molecular weight excluding hydrogens is 226 g/mol. The SMILES string of the molecule is NCC1CCCC1n1ncc2ccccc2c1=O. The van der Waals surface area contributed by atoms with Crippen LogP contribution in [0.25, 0.3) is 10.8 Å². The molecule has 2 unspecified atom stereocenters. The summed E-state index contributed by atoms with van der Waals surface area (Å²) >= 11 is 0. The minimum Gasteiger partial charge on any atom is -0.330 e. The van der Waals surface area contributed by atoms with E-state index in [0.29, 0.717) is 12.5 Å². The van der Waals surface area contributed by atoms with Crippen LogP contribution in [0.1, 0.15) is 25.3 Å². The highest BCUT2D eigenvalue weighted by Crippen LogP contribution is 2.33. The highest BCUT2D eigenvalue weighted by Gasteiger charge is 2.29. The summed E-state index contributed by atoms with van der Waals surface area (Å²) in [6.45, 7) is 0.631. The van der Waals surface area contributed by atoms with Gasteiger partial charge in [-0.3, -0.25) is 4.79 Å². The largest absolute Gasteiger partial charge is 0.330 e. The van der Waals surface area contributed by atoms with Crippen LogP contribution in [0.2, 0.25) is 0 Å². The first-order chi connectivity index (χ1) is 8.81. The fraction of sp³-hybridized carbons (Fsp3) is 0.429. The van der Waals surface area contributed by atoms with Gasteiger partial charge in [0, 0.05) is 5.39 Å². The number of nitrogens with two attached hydrogens (primary N) is 1. The van der Waals surface area contributed by atoms with Gasteiger partial charge in [-0.25, -0.2) is 4.68 Å². The van der Waals surface area contributed by atoms with Crippen LogP contribution in [0.15, 0.2) is 35.3 Å². The Morgan fingerprint density at radius 3 is 3.00 bits per heavy atom. The molecule has 94 valence electrons. The third kappa shape index (κ3) is 1.73. The smallest absolute Gasteiger partial charge is 0.274 e. The number of hydrogen-bond acceptors (Lipinski definition) is 3. The van der Waals surface area contributed by atoms with Gasteiger partial charge in [0.2, 0.25) is 0 Å². The second-order valence-electron chi connectivity index (χ2n) is 4.98. The topological polar surface area (TPSA) is 60.9 Å². The maximum Gasteiger partial charge on any atom is 0.274 e. The van der Waals surface area contributed by atoms with Crippen molar-refractivity contribution in [2.75, 3.05) is 6.54 Å². The molecule has 0 bridgehead atoms. The zero-order chi connectivity index (χ0) is 12.5. The lowest BCUT2D eigenvalue weighted by Gasteiger charge is -2.19. The van der Waals surface area contributed by atoms with Crippen LogP contribution < -0.4 is 11.3 Å². The summed E-state index contributed by atoms with van der Waals surface area (Å²) < 4.78 is 1.65. The van der Waals surface area contributed by atoms with Crippen LogP contribution in [0, 0.1) is 5.92 Å². The van der Waals surface area contributed by atoms with Crippen molar-refractivity contribution in [3.63, 3.8) is 0 Å². The average molecular weight is 243 g/mol. The van der Waals surface area contributed by atoms with Crippen molar-refractivity contribution in [2.24, 2.45) is 11.7 Å². The molecule has 0 amide bonds. The zero-order valence-electron chi connectivity index (χ0n) is 10.2. The van der Waals surface area contributed by atoms with Gasteiger partial charge in [0.25, 0.3) is 5.56 Å². The zero-order valence-corrected chi connectivity index (χ0v) is 10.2. The van der Waals surface area contributed by atoms with E-state index < -0.39 is 0 Å². The summed E-state index contributed by atoms with van der Waals surface area (Å²) in [6.07, 6.45) is 5.02. The van der Waals surface area contributed by atoms with Gasteiger partial charge >= 0.3 is 0 Å². The van der Waals surface area contributed by atoms with E-state index in [9.17, 15) is 4.79 Å². The number of hydrogen-bond donors (Lipinski definition) is 1. The molecule has 1 aromatic heterocycles. The molecule has 0 aliphatic heterocycles. The van der Waals surface area contributed by atoms with Gasteiger partial charge < -0.3 is 5.73 Å². The summed E-state index contributed by atoms with van der Waals surface area (Å²) in [4.78, 5) is 12.4. The first-order valence-corrected chi connectivity index (χ1v) is 6.48. The van der Waals surface area contributed by atoms with Gasteiger partial charge in [0.15, 0.2) is 0 Å². The molecule has 2 atom stereocenters. The van der Waals surface area contributed by atoms with Crippen molar-refractivity contribution in [3.8, 4) is 0 Å². The Bertz CT molecular complexity index is 620. The minimum absolute atomic E-state index is 0.0125. The highest BCUT2D eigenvalue weighted by molar-refractivity contribution is 5.80. The lowest BCUT2D eigenvalue weighted by atomic mass is 10.0. The Balaban J connectivity index is 2.13. The highest BCUT2D eigenvalue weighted by atomic mass is 16.1. The second kappa shape index (κ2) is 4.53. The van der Waals surface area contributed by atoms with E-state index in [0.717, 1.165) is 30.0 Å². The van der Waals surface area contributed by atoms with Crippen molar-refractivity contribution < 1.29 is 0 Å². The molecule has 0 saturated heterocycles. The van der Waals surface area contributed by atoms with Crippen LogP contribution in [0.3, 0.4) is 0 Å². The standard InChI is InChI=1S/C14H17N3O/c15-8-10-5-3-7-13(10)17-14(18)12-6-2-1-4-11(12)9-16-17/h1-2,4,6,9-10,13H,3,5,7-8,15H2. The first kappa shape index (κ1) is 11.4. The van der Waals surface area contributed by atoms with Crippen molar-refractivity contribution in [1.29, 1.82) is 0 Å². The quantitative estimate of drug-likeness (QED) is 0.873. The maximum atomic E-state index is 12.4. The van der Waals surface area contributed by atoms with E-state index in [1.54, 1.807) is 10.9 Å². The number of benzene rings is 1. The van der Waals surface area contributed by atoms with Crippen molar-refractivity contribution in [2.45, 2.75) is 25.3 Å². The van der Waals surface area contributed by atoms with Crippen molar-refractivity contribution in [1.82, 2.24) is 9.78 Å². The molecule has 2 N–H and O–H groups in total. The van der Waals surface area contributed by atoms with E-state index in [4.69, 9.17) is 5.73 Å². The number of aromatic nitrogens is 2. The summed E-state index contributed by atoms with van der Waals surface area (Å²) in [5.41, 5.74) is 5.79. The molecule has 3 rings (SSSR count). The third-order valence-electron chi connectivity index (χ3n) is 3.96. The molecule has 1 aromatic carbocycles. The van der Waals surface area contributed by atoms with Crippen LogP contribution in [-0.2, 0) is 0 Å². The van der Waals surface area contributed by atoms with Gasteiger partial charge in [0.1, 0.15) is 0 Å². The molecule has 18 heavy (non-hydrogen) atoms. The summed E-state index contributed by atoms with van der Waals surface area (Å²) in [6, 6.07) is 7.77. The maximum absolute atomic E-state index is 12.4. The molecule has 4 nitrogen and oxygen atoms in total. The van der Waals surface area contributed by atoms with E-state index >= 15 is 0 Å². The van der Waals surface area contributed by atoms with Gasteiger partial charge in [-0.15, -0.1) is 0 Å². The van der Waals surface area contributed by atoms with Crippen molar-refractivity contribution >= 4 is 10.8 Å². The fourth-order valence-electron chi connectivity index (χ4n) is 2.96. The molecule has 1 aliphatic carbocycles. The first-order valence-electron chi connectivity index (χ1n) is 6.48. The Morgan fingerprint density at radius 2 is 2.17 bits per heavy atom. The van der Waals surface area contributed by atoms with Gasteiger partial charge in [-0.1, -0.05) is 24.6 Å². The van der Waals surface area contributed by atoms with E-state index in [1.165, 1.54) is 0 Å². The van der Waals surface area contributed by atoms with Crippen LogP contribution in [-0.4, -0.2) is 16.3 Å². The van der Waals surface area contributed by atoms with Gasteiger partial charge in [-0.2, -0.15) is 5.10 Å². The Hall–Kier alpha value is -1.68. The number of fused-ring (bicyclic) bond motifs is 1. The van der Waals surface area contributed by atoms with Gasteiger partial charge in [0.05, 0.1) is 17.6 Å². The molecular formula is C14H17N3O. The number of nitrogens with zero attached hydrogens (tertiary/aromatic N) is 2. The molecule has 0 spiro atoms. The van der Waals surface area contributed by atoms with Crippen LogP contribution in [0.5, 0.6) is 0 Å². The van der Waals surface area contributed by atoms with E-state index in [-0.39, 0.29) is 11.6 Å². The molecule has 4 heteroatoms. The predicted octanol–water partition coefficient (Wildman–Crippen LogP) is 1.70. The molecule has 1 saturated carbocycles. The van der Waals surface area contributed by atoms with Crippen LogP contribution in [0.4, 0.5) is 0 Å². The molecule has 0 radical (unpaired) electrons. The summed E-state index contributed by atoms with van der Waals surface area (Å²) in [5, 5.41) is 5.98. The van der Waals surface area contributed by atoms with Crippen molar-refractivity contribution in [3.05, 3.63) is 40.8 Å². The molecule has 1 aliphatic rings. The second-order valence-corrected chi connectivity index (χ2v) is 4.98. The van der Waals surface area contributed by atoms with E-state index in [1.807, 2.05) is 24.3 Å². The monoisotopic (exact) mass is 243 g/mol. The third-order valence-corrected chi connectivity index (χ3v) is 3.96. The molecule has 2 aromatic rings. The van der Waals surface area contributed by atoms with Crippen LogP contribution >= 0.6 is 0 Å².